The molecule has 6 rings (SSSR count). The minimum absolute atomic E-state index is 0.000739. The molecule has 210 valence electrons. The van der Waals surface area contributed by atoms with E-state index in [2.05, 4.69) is 25.5 Å². The van der Waals surface area contributed by atoms with Gasteiger partial charge in [-0.1, -0.05) is 17.7 Å². The summed E-state index contributed by atoms with van der Waals surface area (Å²) in [6.07, 6.45) is 5.94. The van der Waals surface area contributed by atoms with E-state index in [-0.39, 0.29) is 10.9 Å². The van der Waals surface area contributed by atoms with Crippen molar-refractivity contribution in [2.75, 3.05) is 57.3 Å². The Kier molecular flexibility index (Phi) is 7.84. The maximum atomic E-state index is 13.7. The van der Waals surface area contributed by atoms with Gasteiger partial charge in [0.05, 0.1) is 42.7 Å². The molecule has 1 amide bonds. The summed E-state index contributed by atoms with van der Waals surface area (Å²) in [4.78, 5) is 24.0. The smallest absolute Gasteiger partial charge is 0.248 e. The van der Waals surface area contributed by atoms with Crippen molar-refractivity contribution in [3.63, 3.8) is 0 Å². The van der Waals surface area contributed by atoms with Gasteiger partial charge in [-0.05, 0) is 42.5 Å². The number of benzene rings is 2. The highest BCUT2D eigenvalue weighted by atomic mass is 35.5. The molecule has 1 aliphatic carbocycles. The van der Waals surface area contributed by atoms with Crippen LogP contribution in [0, 0.1) is 23.6 Å². The molecule has 0 spiro atoms. The molecule has 3 aromatic rings. The van der Waals surface area contributed by atoms with Gasteiger partial charge in [-0.15, -0.1) is 0 Å². The van der Waals surface area contributed by atoms with Crippen LogP contribution in [0.15, 0.2) is 48.8 Å². The van der Waals surface area contributed by atoms with Crippen LogP contribution in [0.2, 0.25) is 5.02 Å². The van der Waals surface area contributed by atoms with Gasteiger partial charge in [0.15, 0.2) is 0 Å². The third-order valence-electron chi connectivity index (χ3n) is 7.97. The Labute approximate surface area is 236 Å². The average Bonchev–Trinajstić information content (AvgIpc) is 3.35. The Bertz CT molecular complexity index is 1430. The lowest BCUT2D eigenvalue weighted by atomic mass is 10.0. The molecule has 3 fully saturated rings. The summed E-state index contributed by atoms with van der Waals surface area (Å²) in [5, 5.41) is 6.82. The first kappa shape index (κ1) is 26.9. The van der Waals surface area contributed by atoms with E-state index in [4.69, 9.17) is 25.8 Å². The number of fused-ring (bicyclic) bond motifs is 2. The highest BCUT2D eigenvalue weighted by Gasteiger charge is 2.54. The molecule has 1 saturated carbocycles. The highest BCUT2D eigenvalue weighted by Crippen LogP contribution is 2.51. The molecule has 2 aliphatic heterocycles. The number of ether oxygens (including phenoxy) is 3. The summed E-state index contributed by atoms with van der Waals surface area (Å²) in [7, 11) is 1.70. The van der Waals surface area contributed by atoms with Crippen LogP contribution in [-0.4, -0.2) is 73.4 Å². The predicted molar refractivity (Wildman–Crippen MR) is 151 cm³/mol. The average molecular weight is 568 g/mol. The van der Waals surface area contributed by atoms with Crippen LogP contribution in [0.1, 0.15) is 6.42 Å². The fraction of sp³-hybridized carbons (Fsp3) is 0.414. The number of hydrogen-bond donors (Lipinski definition) is 2. The van der Waals surface area contributed by atoms with E-state index < -0.39 is 5.82 Å². The van der Waals surface area contributed by atoms with Crippen LogP contribution < -0.4 is 15.4 Å². The maximum absolute atomic E-state index is 13.7. The molecule has 2 aromatic carbocycles. The molecule has 40 heavy (non-hydrogen) atoms. The van der Waals surface area contributed by atoms with Gasteiger partial charge < -0.3 is 24.8 Å². The lowest BCUT2D eigenvalue weighted by Crippen LogP contribution is -2.50. The Morgan fingerprint density at radius 2 is 2.08 bits per heavy atom. The normalized spacial score (nSPS) is 23.7. The Morgan fingerprint density at radius 3 is 2.83 bits per heavy atom. The fourth-order valence-electron chi connectivity index (χ4n) is 5.49. The molecule has 2 saturated heterocycles. The number of nitrogens with zero attached hydrogens (tertiary/aromatic N) is 3. The largest absolute Gasteiger partial charge is 0.491 e. The summed E-state index contributed by atoms with van der Waals surface area (Å²) >= 11 is 5.96. The van der Waals surface area contributed by atoms with Crippen LogP contribution in [0.5, 0.6) is 5.75 Å². The molecule has 0 radical (unpaired) electrons. The predicted octanol–water partition coefficient (Wildman–Crippen LogP) is 4.65. The van der Waals surface area contributed by atoms with Crippen LogP contribution in [0.3, 0.4) is 0 Å². The van der Waals surface area contributed by atoms with Crippen LogP contribution >= 0.6 is 11.6 Å². The summed E-state index contributed by atoms with van der Waals surface area (Å²) in [6.45, 7) is 4.47. The quantitative estimate of drug-likeness (QED) is 0.323. The summed E-state index contributed by atoms with van der Waals surface area (Å²) < 4.78 is 30.7. The molecule has 2 N–H and O–H groups in total. The zero-order valence-electron chi connectivity index (χ0n) is 22.1. The van der Waals surface area contributed by atoms with Gasteiger partial charge in [-0.25, -0.2) is 14.4 Å². The van der Waals surface area contributed by atoms with Crippen LogP contribution in [0.25, 0.3) is 10.9 Å². The molecular weight excluding hydrogens is 537 g/mol. The molecule has 0 bridgehead atoms. The minimum Gasteiger partial charge on any atom is -0.491 e. The van der Waals surface area contributed by atoms with E-state index in [0.29, 0.717) is 77.4 Å². The number of aromatic nitrogens is 2. The summed E-state index contributed by atoms with van der Waals surface area (Å²) in [5.74, 6) is 1.81. The third kappa shape index (κ3) is 5.76. The maximum Gasteiger partial charge on any atom is 0.248 e. The Balaban J connectivity index is 1.22. The van der Waals surface area contributed by atoms with E-state index in [1.54, 1.807) is 25.3 Å². The van der Waals surface area contributed by atoms with Crippen molar-refractivity contribution in [2.24, 2.45) is 17.8 Å². The van der Waals surface area contributed by atoms with E-state index in [0.717, 1.165) is 26.2 Å². The lowest BCUT2D eigenvalue weighted by Gasteiger charge is -2.39. The fourth-order valence-corrected chi connectivity index (χ4v) is 5.67. The van der Waals surface area contributed by atoms with Gasteiger partial charge in [0.2, 0.25) is 5.91 Å². The third-order valence-corrected chi connectivity index (χ3v) is 8.26. The van der Waals surface area contributed by atoms with Gasteiger partial charge in [-0.2, -0.15) is 0 Å². The van der Waals surface area contributed by atoms with Crippen molar-refractivity contribution in [1.29, 1.82) is 0 Å². The van der Waals surface area contributed by atoms with Crippen molar-refractivity contribution in [3.05, 3.63) is 59.7 Å². The number of carbonyl (C=O) groups is 1. The first-order chi connectivity index (χ1) is 19.5. The van der Waals surface area contributed by atoms with Crippen molar-refractivity contribution in [3.8, 4) is 5.75 Å². The van der Waals surface area contributed by atoms with Crippen molar-refractivity contribution >= 4 is 45.6 Å². The number of methoxy groups -OCH3 is 1. The Hall–Kier alpha value is -3.31. The molecule has 3 atom stereocenters. The van der Waals surface area contributed by atoms with Crippen LogP contribution in [0.4, 0.5) is 21.6 Å². The molecule has 11 heteroatoms. The molecule has 3 heterocycles. The number of amides is 1. The van der Waals surface area contributed by atoms with Gasteiger partial charge >= 0.3 is 0 Å². The standard InChI is InChI=1S/C29H31ClFN5O4/c1-38-12-18-6-8-36(18)7-2-3-28(37)35-26-10-19-25(11-27(26)40-15-22-20-13-39-14-21(20)22)32-16-33-29(19)34-17-4-5-24(31)23(30)9-17/h2-5,9-11,16,18,20-22H,6-8,12-15H2,1H3,(H,35,37)(H,32,33,34)/b3-2+/t18-,20?,21?,22?/m0/s1. The molecule has 9 nitrogen and oxygen atoms in total. The van der Waals surface area contributed by atoms with Gasteiger partial charge in [0, 0.05) is 55.4 Å². The number of anilines is 3. The molecule has 3 aliphatic rings. The van der Waals surface area contributed by atoms with Crippen LogP contribution in [-0.2, 0) is 14.3 Å². The molecular formula is C29H31ClFN5O4. The monoisotopic (exact) mass is 567 g/mol. The Morgan fingerprint density at radius 1 is 1.23 bits per heavy atom. The highest BCUT2D eigenvalue weighted by molar-refractivity contribution is 6.31. The van der Waals surface area contributed by atoms with Gasteiger partial charge in [0.1, 0.15) is 23.7 Å². The van der Waals surface area contributed by atoms with E-state index in [1.165, 1.54) is 18.5 Å². The number of hydrogen-bond acceptors (Lipinski definition) is 8. The van der Waals surface area contributed by atoms with Gasteiger partial charge in [0.25, 0.3) is 0 Å². The second kappa shape index (κ2) is 11.7. The number of halogens is 2. The van der Waals surface area contributed by atoms with E-state index >= 15 is 0 Å². The zero-order chi connectivity index (χ0) is 27.6. The first-order valence-electron chi connectivity index (χ1n) is 13.4. The number of nitrogens with one attached hydrogen (secondary N) is 2. The van der Waals surface area contributed by atoms with Crippen molar-refractivity contribution < 1.29 is 23.4 Å². The number of carbonyl (C=O) groups excluding carboxylic acids is 1. The zero-order valence-corrected chi connectivity index (χ0v) is 22.9. The van der Waals surface area contributed by atoms with E-state index in [1.807, 2.05) is 12.1 Å². The number of rotatable bonds is 11. The molecule has 1 aromatic heterocycles. The SMILES string of the molecule is COC[C@@H]1CCN1C/C=C/C(=O)Nc1cc2c(Nc3ccc(F)c(Cl)c3)ncnc2cc1OCC1C2COCC21. The summed E-state index contributed by atoms with van der Waals surface area (Å²) in [6, 6.07) is 8.35. The second-order valence-corrected chi connectivity index (χ2v) is 10.9. The van der Waals surface area contributed by atoms with Crippen molar-refractivity contribution in [2.45, 2.75) is 12.5 Å². The molecule has 2 unspecified atom stereocenters. The first-order valence-corrected chi connectivity index (χ1v) is 13.8. The minimum atomic E-state index is -0.505. The number of likely N-dealkylation sites (tertiary alicyclic amines) is 1. The van der Waals surface area contributed by atoms with E-state index in [9.17, 15) is 9.18 Å². The topological polar surface area (TPSA) is 97.8 Å². The van der Waals surface area contributed by atoms with Gasteiger partial charge in [-0.3, -0.25) is 9.69 Å². The lowest BCUT2D eigenvalue weighted by molar-refractivity contribution is -0.112. The second-order valence-electron chi connectivity index (χ2n) is 10.5. The van der Waals surface area contributed by atoms with Crippen molar-refractivity contribution in [1.82, 2.24) is 14.9 Å². The summed E-state index contributed by atoms with van der Waals surface area (Å²) in [5.41, 5.74) is 1.72.